The molecule has 0 atom stereocenters. The van der Waals surface area contributed by atoms with Gasteiger partial charge in [0.05, 0.1) is 0 Å². The summed E-state index contributed by atoms with van der Waals surface area (Å²) < 4.78 is 0. The minimum absolute atomic E-state index is 0. The number of benzene rings is 5. The Morgan fingerprint density at radius 1 is 0.436 bits per heavy atom. The molecule has 5 rings (SSSR count). The molecule has 0 saturated heterocycles. The van der Waals surface area contributed by atoms with Gasteiger partial charge in [-0.15, -0.1) is 22.7 Å². The molecule has 5 aromatic carbocycles. The Morgan fingerprint density at radius 2 is 0.727 bits per heavy atom. The van der Waals surface area contributed by atoms with Crippen molar-refractivity contribution in [3.63, 3.8) is 0 Å². The fourth-order valence-corrected chi connectivity index (χ4v) is 5.82. The van der Waals surface area contributed by atoms with Crippen LogP contribution in [0.15, 0.2) is 131 Å². The van der Waals surface area contributed by atoms with Crippen LogP contribution in [-0.4, -0.2) is 12.4 Å². The number of aliphatic imine (C=N–C) groups is 2. The van der Waals surface area contributed by atoms with E-state index < -0.39 is 0 Å². The molecular formula is C49H62N4OTi. The van der Waals surface area contributed by atoms with Gasteiger partial charge in [-0.1, -0.05) is 220 Å². The van der Waals surface area contributed by atoms with Crippen LogP contribution in [0.5, 0.6) is 0 Å². The first-order valence-electron chi connectivity index (χ1n) is 19.5. The van der Waals surface area contributed by atoms with Crippen molar-refractivity contribution in [2.75, 3.05) is 0 Å². The largest absolute Gasteiger partial charge is 4.00 e. The molecule has 0 aliphatic carbocycles. The van der Waals surface area contributed by atoms with Gasteiger partial charge in [0.25, 0.3) is 0 Å². The van der Waals surface area contributed by atoms with Crippen LogP contribution in [0.1, 0.15) is 134 Å². The molecule has 0 bridgehead atoms. The Bertz CT molecular complexity index is 1650. The number of hydrogen-bond donors (Lipinski definition) is 0. The Balaban J connectivity index is 0.00000101. The number of rotatable bonds is 13. The molecule has 0 saturated carbocycles. The number of unbranched alkanes of at least 4 members (excludes halogenated alkanes) is 2. The average Bonchev–Trinajstić information content (AvgIpc) is 3.16. The maximum Gasteiger partial charge on any atom is 4.00 e. The van der Waals surface area contributed by atoms with Gasteiger partial charge >= 0.3 is 21.7 Å². The SMILES string of the molecule is CC(C)c1cccc(C(C)C)c1[N-]c1ccccc1N=CC=Nc1ccccc1[N-]c1c(C(C)C)cccc1C(C)C.CCCCC.[O-2].[Ti+4].c1ccccc1. The molecule has 0 unspecified atom stereocenters. The fraction of sp³-hybridized carbons (Fsp3) is 0.347. The minimum Gasteiger partial charge on any atom is -2.00 e. The van der Waals surface area contributed by atoms with Crippen molar-refractivity contribution in [1.29, 1.82) is 0 Å². The summed E-state index contributed by atoms with van der Waals surface area (Å²) in [5.41, 5.74) is 10.4. The molecule has 55 heavy (non-hydrogen) atoms. The van der Waals surface area contributed by atoms with Gasteiger partial charge in [-0.3, -0.25) is 9.98 Å². The standard InChI is InChI=1S/C38H44N4.C6H6.C5H12.O.Ti/c1-25(2)29-15-13-16-30(26(3)4)37(29)41-35-21-11-9-19-33(35)39-23-24-40-34-20-10-12-22-36(34)42-38-31(27(5)6)17-14-18-32(38)28(7)8;1-2-4-6-5-3-1;1-3-5-4-2;;/h9-28H,1-8H3;1-6H;3-5H2,1-2H3;;/q-2;;;-2;+4. The quantitative estimate of drug-likeness (QED) is 0.0844. The molecule has 6 heteroatoms. The van der Waals surface area contributed by atoms with Gasteiger partial charge in [0.2, 0.25) is 0 Å². The molecule has 0 aliphatic rings. The van der Waals surface area contributed by atoms with Crippen molar-refractivity contribution in [1.82, 2.24) is 0 Å². The minimum atomic E-state index is 0. The van der Waals surface area contributed by atoms with E-state index in [1.54, 1.807) is 12.4 Å². The van der Waals surface area contributed by atoms with Gasteiger partial charge in [0.15, 0.2) is 0 Å². The first-order valence-corrected chi connectivity index (χ1v) is 19.5. The average molecular weight is 771 g/mol. The van der Waals surface area contributed by atoms with Gasteiger partial charge < -0.3 is 16.1 Å². The molecular weight excluding hydrogens is 708 g/mol. The first kappa shape index (κ1) is 48.7. The third-order valence-electron chi connectivity index (χ3n) is 8.78. The number of hydrogen-bond acceptors (Lipinski definition) is 2. The zero-order chi connectivity index (χ0) is 38.6. The van der Waals surface area contributed by atoms with Crippen molar-refractivity contribution in [2.45, 2.75) is 112 Å². The summed E-state index contributed by atoms with van der Waals surface area (Å²) >= 11 is 0. The van der Waals surface area contributed by atoms with Gasteiger partial charge in [-0.25, -0.2) is 0 Å². The summed E-state index contributed by atoms with van der Waals surface area (Å²) in [4.78, 5) is 9.51. The summed E-state index contributed by atoms with van der Waals surface area (Å²) in [6.45, 7) is 22.2. The Morgan fingerprint density at radius 3 is 0.982 bits per heavy atom. The van der Waals surface area contributed by atoms with Crippen LogP contribution in [-0.2, 0) is 27.2 Å². The maximum atomic E-state index is 5.15. The van der Waals surface area contributed by atoms with Crippen LogP contribution < -0.4 is 0 Å². The summed E-state index contributed by atoms with van der Waals surface area (Å²) in [7, 11) is 0. The fourth-order valence-electron chi connectivity index (χ4n) is 5.82. The summed E-state index contributed by atoms with van der Waals surface area (Å²) in [6, 6.07) is 41.1. The maximum absolute atomic E-state index is 5.15. The molecule has 0 spiro atoms. The van der Waals surface area contributed by atoms with Crippen LogP contribution in [0.3, 0.4) is 0 Å². The van der Waals surface area contributed by atoms with Crippen molar-refractivity contribution in [3.8, 4) is 0 Å². The third kappa shape index (κ3) is 15.8. The van der Waals surface area contributed by atoms with E-state index in [0.29, 0.717) is 23.7 Å². The second-order valence-electron chi connectivity index (χ2n) is 14.5. The molecule has 5 nitrogen and oxygen atoms in total. The van der Waals surface area contributed by atoms with E-state index in [2.05, 4.69) is 106 Å². The van der Waals surface area contributed by atoms with E-state index in [-0.39, 0.29) is 27.2 Å². The summed E-state index contributed by atoms with van der Waals surface area (Å²) in [5.74, 6) is 1.50. The molecule has 0 N–H and O–H groups in total. The van der Waals surface area contributed by atoms with Gasteiger partial charge in [-0.2, -0.15) is 0 Å². The van der Waals surface area contributed by atoms with E-state index in [4.69, 9.17) is 20.6 Å². The first-order chi connectivity index (χ1) is 25.6. The Hall–Kier alpha value is -4.29. The smallest absolute Gasteiger partial charge is 2.00 e. The van der Waals surface area contributed by atoms with Crippen LogP contribution in [0.25, 0.3) is 10.6 Å². The predicted molar refractivity (Wildman–Crippen MR) is 236 cm³/mol. The van der Waals surface area contributed by atoms with Gasteiger partial charge in [-0.05, 0) is 35.8 Å². The van der Waals surface area contributed by atoms with E-state index in [9.17, 15) is 0 Å². The van der Waals surface area contributed by atoms with Crippen LogP contribution in [0.4, 0.5) is 34.1 Å². The van der Waals surface area contributed by atoms with Crippen molar-refractivity contribution in [3.05, 3.63) is 154 Å². The summed E-state index contributed by atoms with van der Waals surface area (Å²) in [5, 5.41) is 10.3. The van der Waals surface area contributed by atoms with Crippen molar-refractivity contribution < 1.29 is 27.2 Å². The zero-order valence-corrected chi connectivity index (χ0v) is 36.4. The molecule has 5 aromatic rings. The number of nitrogens with zero attached hydrogens (tertiary/aromatic N) is 4. The van der Waals surface area contributed by atoms with Crippen LogP contribution >= 0.6 is 0 Å². The molecule has 0 amide bonds. The van der Waals surface area contributed by atoms with Crippen molar-refractivity contribution >= 4 is 46.6 Å². The Kier molecular flexibility index (Phi) is 23.5. The molecule has 288 valence electrons. The number of para-hydroxylation sites is 6. The molecule has 0 aliphatic heterocycles. The van der Waals surface area contributed by atoms with Gasteiger partial charge in [0, 0.05) is 23.8 Å². The summed E-state index contributed by atoms with van der Waals surface area (Å²) in [6.07, 6.45) is 7.56. The molecule has 0 fully saturated rings. The molecule has 0 radical (unpaired) electrons. The van der Waals surface area contributed by atoms with E-state index in [1.807, 2.05) is 84.9 Å². The van der Waals surface area contributed by atoms with Crippen LogP contribution in [0, 0.1) is 0 Å². The monoisotopic (exact) mass is 770 g/mol. The second kappa shape index (κ2) is 26.5. The molecule has 0 heterocycles. The second-order valence-corrected chi connectivity index (χ2v) is 14.5. The zero-order valence-electron chi connectivity index (χ0n) is 34.8. The topological polar surface area (TPSA) is 81.4 Å². The Labute approximate surface area is 348 Å². The third-order valence-corrected chi connectivity index (χ3v) is 8.78. The van der Waals surface area contributed by atoms with E-state index >= 15 is 0 Å². The van der Waals surface area contributed by atoms with Crippen molar-refractivity contribution in [2.24, 2.45) is 9.98 Å². The predicted octanol–water partition coefficient (Wildman–Crippen LogP) is 16.7. The van der Waals surface area contributed by atoms with E-state index in [1.165, 1.54) is 41.5 Å². The van der Waals surface area contributed by atoms with E-state index in [0.717, 1.165) is 34.1 Å². The molecule has 0 aromatic heterocycles. The van der Waals surface area contributed by atoms with Crippen LogP contribution in [0.2, 0.25) is 0 Å². The normalized spacial score (nSPS) is 10.8. The van der Waals surface area contributed by atoms with Gasteiger partial charge in [0.1, 0.15) is 0 Å².